The Morgan fingerprint density at radius 2 is 1.91 bits per heavy atom. The number of piperidine rings is 1. The Morgan fingerprint density at radius 3 is 2.56 bits per heavy atom. The van der Waals surface area contributed by atoms with E-state index in [-0.39, 0.29) is 17.9 Å². The van der Waals surface area contributed by atoms with Gasteiger partial charge >= 0.3 is 0 Å². The number of nitrogens with one attached hydrogen (secondary N) is 2. The van der Waals surface area contributed by atoms with Gasteiger partial charge < -0.3 is 26.2 Å². The average Bonchev–Trinajstić information content (AvgIpc) is 3.60. The number of rotatable bonds is 5. The Hall–Kier alpha value is -3.73. The lowest BCUT2D eigenvalue weighted by molar-refractivity contribution is -0.134. The van der Waals surface area contributed by atoms with Gasteiger partial charge in [-0.05, 0) is 50.9 Å². The lowest BCUT2D eigenvalue weighted by Crippen LogP contribution is -2.30. The van der Waals surface area contributed by atoms with E-state index in [4.69, 9.17) is 25.5 Å². The van der Waals surface area contributed by atoms with Crippen molar-refractivity contribution < 1.29 is 19.4 Å². The molecule has 1 aliphatic carbocycles. The van der Waals surface area contributed by atoms with E-state index in [1.165, 1.54) is 6.33 Å². The number of nitrogens with two attached hydrogens (primary N) is 1. The molecule has 5 rings (SSSR count). The largest absolute Gasteiger partial charge is 0.495 e. The molecule has 0 spiro atoms. The number of hydrogen-bond donors (Lipinski definition) is 4. The SMILES string of the molecule is CC(=O)O.COc1cc(-c2nn(C3CCNCC3)c3ncnc(N)c23)ccc1NC(=O)C1CC1. The van der Waals surface area contributed by atoms with E-state index in [2.05, 4.69) is 20.6 Å². The van der Waals surface area contributed by atoms with Crippen LogP contribution >= 0.6 is 0 Å². The molecule has 1 amide bonds. The first kappa shape index (κ1) is 23.4. The molecule has 180 valence electrons. The van der Waals surface area contributed by atoms with Crippen LogP contribution in [0.4, 0.5) is 11.5 Å². The summed E-state index contributed by atoms with van der Waals surface area (Å²) in [4.78, 5) is 29.9. The van der Waals surface area contributed by atoms with Gasteiger partial charge in [-0.1, -0.05) is 6.07 Å². The van der Waals surface area contributed by atoms with Crippen molar-refractivity contribution in [3.63, 3.8) is 0 Å². The second-order valence-electron chi connectivity index (χ2n) is 8.43. The van der Waals surface area contributed by atoms with E-state index in [1.54, 1.807) is 7.11 Å². The minimum atomic E-state index is -0.833. The van der Waals surface area contributed by atoms with E-state index in [0.717, 1.165) is 68.0 Å². The Kier molecular flexibility index (Phi) is 6.92. The minimum Gasteiger partial charge on any atom is -0.495 e. The molecule has 0 unspecified atom stereocenters. The smallest absolute Gasteiger partial charge is 0.300 e. The fraction of sp³-hybridized carbons (Fsp3) is 0.435. The Labute approximate surface area is 196 Å². The summed E-state index contributed by atoms with van der Waals surface area (Å²) in [5.74, 6) is 0.317. The van der Waals surface area contributed by atoms with Gasteiger partial charge in [0.1, 0.15) is 23.6 Å². The quantitative estimate of drug-likeness (QED) is 0.442. The number of hydrogen-bond acceptors (Lipinski definition) is 8. The predicted molar refractivity (Wildman–Crippen MR) is 128 cm³/mol. The number of ether oxygens (including phenoxy) is 1. The van der Waals surface area contributed by atoms with Crippen LogP contribution in [0.5, 0.6) is 5.75 Å². The number of nitrogen functional groups attached to an aromatic ring is 1. The summed E-state index contributed by atoms with van der Waals surface area (Å²) in [6, 6.07) is 5.91. The predicted octanol–water partition coefficient (Wildman–Crippen LogP) is 2.45. The van der Waals surface area contributed by atoms with E-state index in [0.29, 0.717) is 17.3 Å². The first-order valence-corrected chi connectivity index (χ1v) is 11.3. The fourth-order valence-electron chi connectivity index (χ4n) is 4.03. The number of carbonyl (C=O) groups is 2. The number of aliphatic carboxylic acids is 1. The van der Waals surface area contributed by atoms with Gasteiger partial charge in [0.15, 0.2) is 5.65 Å². The zero-order valence-electron chi connectivity index (χ0n) is 19.2. The van der Waals surface area contributed by atoms with E-state index in [9.17, 15) is 4.79 Å². The van der Waals surface area contributed by atoms with Gasteiger partial charge in [-0.3, -0.25) is 9.59 Å². The Balaban J connectivity index is 0.000000636. The van der Waals surface area contributed by atoms with Crippen LogP contribution in [0.2, 0.25) is 0 Å². The van der Waals surface area contributed by atoms with Crippen LogP contribution in [0.15, 0.2) is 24.5 Å². The standard InChI is InChI=1S/C21H25N7O2.C2H4O2/c1-30-16-10-13(4-5-15(16)26-21(29)12-2-3-12)18-17-19(22)24-11-25-20(17)28(27-18)14-6-8-23-9-7-14;1-2(3)4/h4-5,10-12,14,23H,2-3,6-9H2,1H3,(H,26,29)(H2,22,24,25);1H3,(H,3,4). The van der Waals surface area contributed by atoms with Crippen LogP contribution in [0.25, 0.3) is 22.3 Å². The number of fused-ring (bicyclic) bond motifs is 1. The highest BCUT2D eigenvalue weighted by Gasteiger charge is 2.30. The van der Waals surface area contributed by atoms with Crippen LogP contribution < -0.4 is 21.1 Å². The molecule has 2 aromatic heterocycles. The highest BCUT2D eigenvalue weighted by atomic mass is 16.5. The third kappa shape index (κ3) is 5.09. The van der Waals surface area contributed by atoms with Crippen molar-refractivity contribution >= 4 is 34.4 Å². The van der Waals surface area contributed by atoms with Crippen molar-refractivity contribution in [3.05, 3.63) is 24.5 Å². The summed E-state index contributed by atoms with van der Waals surface area (Å²) < 4.78 is 7.54. The molecule has 0 bridgehead atoms. The van der Waals surface area contributed by atoms with Crippen LogP contribution in [-0.4, -0.2) is 56.9 Å². The van der Waals surface area contributed by atoms with Crippen LogP contribution in [0, 0.1) is 5.92 Å². The number of aromatic nitrogens is 4. The van der Waals surface area contributed by atoms with Gasteiger partial charge in [0, 0.05) is 18.4 Å². The van der Waals surface area contributed by atoms with E-state index >= 15 is 0 Å². The fourth-order valence-corrected chi connectivity index (χ4v) is 4.03. The first-order chi connectivity index (χ1) is 16.4. The lowest BCUT2D eigenvalue weighted by atomic mass is 10.1. The number of methoxy groups -OCH3 is 1. The first-order valence-electron chi connectivity index (χ1n) is 11.3. The van der Waals surface area contributed by atoms with Crippen molar-refractivity contribution in [3.8, 4) is 17.0 Å². The molecule has 1 saturated heterocycles. The molecule has 0 radical (unpaired) electrons. The maximum atomic E-state index is 12.2. The second kappa shape index (κ2) is 10.0. The minimum absolute atomic E-state index is 0.0410. The van der Waals surface area contributed by atoms with E-state index < -0.39 is 5.97 Å². The van der Waals surface area contributed by atoms with Crippen LogP contribution in [0.3, 0.4) is 0 Å². The number of benzene rings is 1. The van der Waals surface area contributed by atoms with Gasteiger partial charge in [-0.25, -0.2) is 14.6 Å². The zero-order chi connectivity index (χ0) is 24.2. The molecule has 3 aromatic rings. The molecule has 34 heavy (non-hydrogen) atoms. The van der Waals surface area contributed by atoms with Gasteiger partial charge in [0.05, 0.1) is 24.2 Å². The molecule has 1 aliphatic heterocycles. The topological polar surface area (TPSA) is 157 Å². The Morgan fingerprint density at radius 1 is 1.21 bits per heavy atom. The third-order valence-electron chi connectivity index (χ3n) is 5.85. The number of nitrogens with zero attached hydrogens (tertiary/aromatic N) is 4. The molecule has 1 aromatic carbocycles. The third-order valence-corrected chi connectivity index (χ3v) is 5.85. The molecule has 5 N–H and O–H groups in total. The maximum absolute atomic E-state index is 12.2. The van der Waals surface area contributed by atoms with Gasteiger partial charge in [-0.2, -0.15) is 5.10 Å². The number of carbonyl (C=O) groups excluding carboxylic acids is 1. The molecule has 0 atom stereocenters. The van der Waals surface area contributed by atoms with Crippen molar-refractivity contribution in [2.45, 2.75) is 38.6 Å². The Bertz CT molecular complexity index is 1200. The summed E-state index contributed by atoms with van der Waals surface area (Å²) in [7, 11) is 1.59. The van der Waals surface area contributed by atoms with Crippen LogP contribution in [-0.2, 0) is 9.59 Å². The second-order valence-corrected chi connectivity index (χ2v) is 8.43. The average molecular weight is 468 g/mol. The molecule has 11 heteroatoms. The lowest BCUT2D eigenvalue weighted by Gasteiger charge is -2.23. The van der Waals surface area contributed by atoms with Gasteiger partial charge in [0.2, 0.25) is 5.91 Å². The zero-order valence-corrected chi connectivity index (χ0v) is 19.2. The maximum Gasteiger partial charge on any atom is 0.300 e. The monoisotopic (exact) mass is 467 g/mol. The molecular weight excluding hydrogens is 438 g/mol. The number of carboxylic acid groups (broad SMARTS) is 1. The number of amides is 1. The van der Waals surface area contributed by atoms with E-state index in [1.807, 2.05) is 22.9 Å². The highest BCUT2D eigenvalue weighted by Crippen LogP contribution is 2.38. The van der Waals surface area contributed by atoms with Crippen molar-refractivity contribution in [1.29, 1.82) is 0 Å². The molecule has 2 fully saturated rings. The van der Waals surface area contributed by atoms with Crippen molar-refractivity contribution in [2.24, 2.45) is 5.92 Å². The summed E-state index contributed by atoms with van der Waals surface area (Å²) in [5, 5.41) is 19.4. The molecule has 1 saturated carbocycles. The highest BCUT2D eigenvalue weighted by molar-refractivity contribution is 6.00. The molecular formula is C23H29N7O4. The summed E-state index contributed by atoms with van der Waals surface area (Å²) in [6.45, 7) is 2.98. The summed E-state index contributed by atoms with van der Waals surface area (Å²) in [6.07, 6.45) is 5.35. The summed E-state index contributed by atoms with van der Waals surface area (Å²) in [5.41, 5.74) is 9.21. The van der Waals surface area contributed by atoms with Crippen molar-refractivity contribution in [1.82, 2.24) is 25.1 Å². The molecule has 11 nitrogen and oxygen atoms in total. The normalized spacial score (nSPS) is 15.9. The molecule has 2 aliphatic rings. The van der Waals surface area contributed by atoms with Crippen molar-refractivity contribution in [2.75, 3.05) is 31.2 Å². The van der Waals surface area contributed by atoms with Gasteiger partial charge in [0.25, 0.3) is 5.97 Å². The van der Waals surface area contributed by atoms with Crippen LogP contribution in [0.1, 0.15) is 38.6 Å². The number of carboxylic acids is 1. The van der Waals surface area contributed by atoms with Gasteiger partial charge in [-0.15, -0.1) is 0 Å². The number of anilines is 2. The molecule has 3 heterocycles. The summed E-state index contributed by atoms with van der Waals surface area (Å²) >= 11 is 0.